The molecule has 1 amide bonds. The molecule has 0 bridgehead atoms. The number of H-pyrrole nitrogens is 1. The molecule has 5 nitrogen and oxygen atoms in total. The first-order chi connectivity index (χ1) is 11.8. The van der Waals surface area contributed by atoms with Crippen LogP contribution in [0.1, 0.15) is 50.3 Å². The van der Waals surface area contributed by atoms with Crippen molar-refractivity contribution in [2.75, 3.05) is 19.6 Å². The third-order valence-electron chi connectivity index (χ3n) is 5.39. The molecule has 5 heteroatoms. The summed E-state index contributed by atoms with van der Waals surface area (Å²) in [5.74, 6) is 1.65. The van der Waals surface area contributed by atoms with E-state index in [-0.39, 0.29) is 5.91 Å². The highest BCUT2D eigenvalue weighted by atomic mass is 16.2. The maximum Gasteiger partial charge on any atom is 0.234 e. The Hall–Kier alpha value is -1.88. The normalized spacial score (nSPS) is 22.9. The Labute approximate surface area is 142 Å². The molecule has 1 saturated carbocycles. The Balaban J connectivity index is 1.37. The first kappa shape index (κ1) is 15.6. The Morgan fingerprint density at radius 2 is 2.04 bits per heavy atom. The number of carbonyl (C=O) groups excluding carboxylic acids is 1. The van der Waals surface area contributed by atoms with Crippen molar-refractivity contribution in [2.45, 2.75) is 50.5 Å². The Bertz CT molecular complexity index is 671. The average molecular weight is 326 g/mol. The summed E-state index contributed by atoms with van der Waals surface area (Å²) in [4.78, 5) is 22.8. The van der Waals surface area contributed by atoms with Gasteiger partial charge in [0.15, 0.2) is 0 Å². The first-order valence-electron chi connectivity index (χ1n) is 9.24. The van der Waals surface area contributed by atoms with Crippen molar-refractivity contribution in [1.82, 2.24) is 20.2 Å². The molecule has 1 aliphatic carbocycles. The first-order valence-corrected chi connectivity index (χ1v) is 9.24. The number of para-hydroxylation sites is 2. The number of likely N-dealkylation sites (tertiary alicyclic amines) is 1. The van der Waals surface area contributed by atoms with Gasteiger partial charge in [-0.15, -0.1) is 0 Å². The van der Waals surface area contributed by atoms with E-state index in [0.29, 0.717) is 18.5 Å². The van der Waals surface area contributed by atoms with E-state index in [4.69, 9.17) is 4.98 Å². The molecule has 0 radical (unpaired) electrons. The van der Waals surface area contributed by atoms with Crippen LogP contribution in [0.15, 0.2) is 24.3 Å². The molecule has 1 aliphatic heterocycles. The number of fused-ring (bicyclic) bond motifs is 1. The molecule has 24 heavy (non-hydrogen) atoms. The van der Waals surface area contributed by atoms with Crippen LogP contribution in [-0.4, -0.2) is 46.5 Å². The van der Waals surface area contributed by atoms with Gasteiger partial charge in [-0.3, -0.25) is 9.69 Å². The van der Waals surface area contributed by atoms with Crippen LogP contribution < -0.4 is 5.32 Å². The van der Waals surface area contributed by atoms with Crippen LogP contribution >= 0.6 is 0 Å². The maximum atomic E-state index is 12.3. The molecular weight excluding hydrogens is 300 g/mol. The number of nitrogens with one attached hydrogen (secondary N) is 2. The zero-order valence-electron chi connectivity index (χ0n) is 14.1. The van der Waals surface area contributed by atoms with Crippen LogP contribution in [0, 0.1) is 0 Å². The fourth-order valence-corrected chi connectivity index (χ4v) is 4.13. The quantitative estimate of drug-likeness (QED) is 0.908. The van der Waals surface area contributed by atoms with Crippen molar-refractivity contribution in [3.05, 3.63) is 30.1 Å². The molecule has 2 aliphatic rings. The Kier molecular flexibility index (Phi) is 4.52. The molecular formula is C19H26N4O. The standard InChI is InChI=1S/C19H26N4O/c24-18(20-15-7-1-2-8-15)13-23-11-5-6-14(12-23)19-21-16-9-3-4-10-17(16)22-19/h3-4,9-10,14-15H,1-2,5-8,11-13H2,(H,20,24)(H,21,22). The zero-order valence-corrected chi connectivity index (χ0v) is 14.1. The molecule has 1 aromatic carbocycles. The lowest BCUT2D eigenvalue weighted by Gasteiger charge is -2.31. The van der Waals surface area contributed by atoms with Gasteiger partial charge in [0.1, 0.15) is 5.82 Å². The predicted octanol–water partition coefficient (Wildman–Crippen LogP) is 2.80. The van der Waals surface area contributed by atoms with Crippen molar-refractivity contribution in [1.29, 1.82) is 0 Å². The molecule has 2 fully saturated rings. The lowest BCUT2D eigenvalue weighted by molar-refractivity contribution is -0.123. The van der Waals surface area contributed by atoms with E-state index in [2.05, 4.69) is 21.3 Å². The lowest BCUT2D eigenvalue weighted by Crippen LogP contribution is -2.44. The van der Waals surface area contributed by atoms with Crippen LogP contribution in [0.3, 0.4) is 0 Å². The summed E-state index contributed by atoms with van der Waals surface area (Å²) in [6.45, 7) is 2.44. The number of nitrogens with zero attached hydrogens (tertiary/aromatic N) is 2. The average Bonchev–Trinajstić information content (AvgIpc) is 3.24. The van der Waals surface area contributed by atoms with Gasteiger partial charge >= 0.3 is 0 Å². The number of rotatable bonds is 4. The fourth-order valence-electron chi connectivity index (χ4n) is 4.13. The molecule has 2 N–H and O–H groups in total. The minimum absolute atomic E-state index is 0.187. The topological polar surface area (TPSA) is 61.0 Å². The van der Waals surface area contributed by atoms with Gasteiger partial charge in [0.05, 0.1) is 17.6 Å². The number of benzene rings is 1. The van der Waals surface area contributed by atoms with Gasteiger partial charge < -0.3 is 10.3 Å². The van der Waals surface area contributed by atoms with E-state index in [1.54, 1.807) is 0 Å². The minimum atomic E-state index is 0.187. The molecule has 1 saturated heterocycles. The molecule has 128 valence electrons. The third kappa shape index (κ3) is 3.46. The second-order valence-electron chi connectivity index (χ2n) is 7.26. The van der Waals surface area contributed by atoms with Crippen LogP contribution in [0.25, 0.3) is 11.0 Å². The summed E-state index contributed by atoms with van der Waals surface area (Å²) in [7, 11) is 0. The van der Waals surface area contributed by atoms with E-state index in [9.17, 15) is 4.79 Å². The van der Waals surface area contributed by atoms with Crippen LogP contribution in [0.2, 0.25) is 0 Å². The van der Waals surface area contributed by atoms with E-state index in [0.717, 1.165) is 55.6 Å². The highest BCUT2D eigenvalue weighted by molar-refractivity contribution is 5.78. The second-order valence-corrected chi connectivity index (χ2v) is 7.26. The summed E-state index contributed by atoms with van der Waals surface area (Å²) in [5.41, 5.74) is 2.13. The largest absolute Gasteiger partial charge is 0.352 e. The SMILES string of the molecule is O=C(CN1CCCC(c2nc3ccccc3[nH]2)C1)NC1CCCC1. The number of aromatic nitrogens is 2. The van der Waals surface area contributed by atoms with Gasteiger partial charge in [0, 0.05) is 18.5 Å². The molecule has 2 heterocycles. The fraction of sp³-hybridized carbons (Fsp3) is 0.579. The van der Waals surface area contributed by atoms with E-state index < -0.39 is 0 Å². The summed E-state index contributed by atoms with van der Waals surface area (Å²) >= 11 is 0. The third-order valence-corrected chi connectivity index (χ3v) is 5.39. The Morgan fingerprint density at radius 3 is 2.88 bits per heavy atom. The molecule has 1 aromatic heterocycles. The minimum Gasteiger partial charge on any atom is -0.352 e. The van der Waals surface area contributed by atoms with E-state index >= 15 is 0 Å². The highest BCUT2D eigenvalue weighted by Gasteiger charge is 2.26. The van der Waals surface area contributed by atoms with Gasteiger partial charge in [-0.1, -0.05) is 25.0 Å². The van der Waals surface area contributed by atoms with Crippen LogP contribution in [-0.2, 0) is 4.79 Å². The summed E-state index contributed by atoms with van der Waals surface area (Å²) in [6, 6.07) is 8.58. The maximum absolute atomic E-state index is 12.3. The summed E-state index contributed by atoms with van der Waals surface area (Å²) in [5, 5.41) is 3.20. The predicted molar refractivity (Wildman–Crippen MR) is 94.9 cm³/mol. The monoisotopic (exact) mass is 326 g/mol. The number of hydrogen-bond acceptors (Lipinski definition) is 3. The van der Waals surface area contributed by atoms with Gasteiger partial charge in [-0.05, 0) is 44.4 Å². The molecule has 4 rings (SSSR count). The molecule has 0 spiro atoms. The number of piperidine rings is 1. The van der Waals surface area contributed by atoms with Gasteiger partial charge in [0.25, 0.3) is 0 Å². The number of imidazole rings is 1. The molecule has 2 aromatic rings. The van der Waals surface area contributed by atoms with Gasteiger partial charge in [-0.2, -0.15) is 0 Å². The number of aromatic amines is 1. The van der Waals surface area contributed by atoms with E-state index in [1.807, 2.05) is 18.2 Å². The van der Waals surface area contributed by atoms with Crippen molar-refractivity contribution in [2.24, 2.45) is 0 Å². The lowest BCUT2D eigenvalue weighted by atomic mass is 9.97. The number of hydrogen-bond donors (Lipinski definition) is 2. The van der Waals surface area contributed by atoms with Crippen molar-refractivity contribution in [3.63, 3.8) is 0 Å². The van der Waals surface area contributed by atoms with Gasteiger partial charge in [-0.25, -0.2) is 4.98 Å². The van der Waals surface area contributed by atoms with Gasteiger partial charge in [0.2, 0.25) is 5.91 Å². The smallest absolute Gasteiger partial charge is 0.234 e. The molecule has 1 unspecified atom stereocenters. The molecule has 1 atom stereocenters. The number of amides is 1. The second kappa shape index (κ2) is 6.93. The van der Waals surface area contributed by atoms with Crippen molar-refractivity contribution in [3.8, 4) is 0 Å². The van der Waals surface area contributed by atoms with Crippen molar-refractivity contribution >= 4 is 16.9 Å². The Morgan fingerprint density at radius 1 is 1.21 bits per heavy atom. The van der Waals surface area contributed by atoms with Crippen LogP contribution in [0.4, 0.5) is 0 Å². The zero-order chi connectivity index (χ0) is 16.4. The number of carbonyl (C=O) groups is 1. The summed E-state index contributed by atoms with van der Waals surface area (Å²) < 4.78 is 0. The van der Waals surface area contributed by atoms with Crippen LogP contribution in [0.5, 0.6) is 0 Å². The highest BCUT2D eigenvalue weighted by Crippen LogP contribution is 2.26. The summed E-state index contributed by atoms with van der Waals surface area (Å²) in [6.07, 6.45) is 7.06. The van der Waals surface area contributed by atoms with Crippen molar-refractivity contribution < 1.29 is 4.79 Å². The van der Waals surface area contributed by atoms with E-state index in [1.165, 1.54) is 12.8 Å².